The van der Waals surface area contributed by atoms with Crippen molar-refractivity contribution in [3.63, 3.8) is 0 Å². The molecule has 5 N–H and O–H groups in total. The third-order valence-electron chi connectivity index (χ3n) is 13.0. The van der Waals surface area contributed by atoms with Crippen molar-refractivity contribution in [2.24, 2.45) is 5.92 Å². The summed E-state index contributed by atoms with van der Waals surface area (Å²) < 4.78 is 29.4. The molecule has 2 unspecified atom stereocenters. The molecule has 0 spiro atoms. The van der Waals surface area contributed by atoms with E-state index in [-0.39, 0.29) is 42.9 Å². The minimum Gasteiger partial charge on any atom is -0.495 e. The van der Waals surface area contributed by atoms with Crippen molar-refractivity contribution in [3.05, 3.63) is 76.3 Å². The van der Waals surface area contributed by atoms with E-state index in [1.807, 2.05) is 38.1 Å². The molecule has 5 rings (SSSR count). The molecule has 2 saturated heterocycles. The Labute approximate surface area is 414 Å². The number of allylic oxidation sites excluding steroid dienone is 3. The van der Waals surface area contributed by atoms with Crippen LogP contribution in [0.5, 0.6) is 5.75 Å². The fourth-order valence-electron chi connectivity index (χ4n) is 8.84. The number of methoxy groups -OCH3 is 2. The average Bonchev–Trinajstić information content (AvgIpc) is 4.00. The molecular weight excluding hydrogens is 926 g/mol. The van der Waals surface area contributed by atoms with Crippen LogP contribution in [0.25, 0.3) is 0 Å². The normalized spacial score (nSPS) is 26.6. The van der Waals surface area contributed by atoms with E-state index in [9.17, 15) is 38.7 Å². The predicted molar refractivity (Wildman–Crippen MR) is 261 cm³/mol. The monoisotopic (exact) mass is 993 g/mol. The number of epoxide rings is 1. The summed E-state index contributed by atoms with van der Waals surface area (Å²) in [5.74, 6) is -2.65. The number of hydrogen-bond acceptors (Lipinski definition) is 13. The summed E-state index contributed by atoms with van der Waals surface area (Å²) in [6.07, 6.45) is 4.00. The fourth-order valence-corrected chi connectivity index (χ4v) is 9.16. The van der Waals surface area contributed by atoms with Crippen LogP contribution < -0.4 is 30.9 Å². The molecule has 382 valence electrons. The first kappa shape index (κ1) is 55.1. The number of aliphatic hydroxyl groups is 1. The fraction of sp³-hybridized carbons (Fsp3) is 0.549. The minimum absolute atomic E-state index is 0.0483. The average molecular weight is 995 g/mol. The molecule has 2 aromatic rings. The summed E-state index contributed by atoms with van der Waals surface area (Å²) >= 11 is 6.80. The van der Waals surface area contributed by atoms with Gasteiger partial charge >= 0.3 is 12.1 Å². The third kappa shape index (κ3) is 14.6. The Balaban J connectivity index is 1.22. The van der Waals surface area contributed by atoms with Gasteiger partial charge in [0.2, 0.25) is 23.6 Å². The number of ether oxygens (including phenoxy) is 5. The number of hydrogen-bond donors (Lipinski definition) is 5. The molecular formula is C51H68ClN5O13. The van der Waals surface area contributed by atoms with Gasteiger partial charge in [-0.15, -0.1) is 0 Å². The van der Waals surface area contributed by atoms with Crippen LogP contribution in [0.1, 0.15) is 104 Å². The van der Waals surface area contributed by atoms with Gasteiger partial charge in [-0.25, -0.2) is 4.79 Å². The smallest absolute Gasteiger partial charge is 0.409 e. The van der Waals surface area contributed by atoms with Crippen molar-refractivity contribution in [2.75, 3.05) is 31.5 Å². The van der Waals surface area contributed by atoms with Crippen molar-refractivity contribution in [2.45, 2.75) is 154 Å². The van der Waals surface area contributed by atoms with Gasteiger partial charge in [0.05, 0.1) is 25.3 Å². The van der Waals surface area contributed by atoms with Crippen molar-refractivity contribution in [1.29, 1.82) is 0 Å². The van der Waals surface area contributed by atoms with Crippen LogP contribution in [-0.4, -0.2) is 116 Å². The molecule has 0 aromatic heterocycles. The number of amides is 5. The Morgan fingerprint density at radius 2 is 1.73 bits per heavy atom. The first-order chi connectivity index (χ1) is 33.1. The second-order valence-electron chi connectivity index (χ2n) is 18.7. The number of rotatable bonds is 17. The van der Waals surface area contributed by atoms with Crippen LogP contribution in [0.2, 0.25) is 5.02 Å². The number of fused-ring (bicyclic) bond motifs is 5. The second kappa shape index (κ2) is 24.3. The lowest BCUT2D eigenvalue weighted by atomic mass is 9.83. The molecule has 0 aliphatic carbocycles. The maximum Gasteiger partial charge on any atom is 0.409 e. The number of Topliss-reactive ketones (excluding diaryl/α,β-unsaturated/α-hetero) is 1. The second-order valence-corrected chi connectivity index (χ2v) is 19.1. The molecule has 19 heteroatoms. The topological polar surface area (TPSA) is 241 Å². The molecule has 0 saturated carbocycles. The molecule has 3 aliphatic rings. The van der Waals surface area contributed by atoms with Crippen molar-refractivity contribution < 1.29 is 62.4 Å². The number of ketones is 1. The number of carbonyl (C=O) groups is 7. The molecule has 2 fully saturated rings. The first-order valence-electron chi connectivity index (χ1n) is 23.6. The Hall–Kier alpha value is -5.82. The van der Waals surface area contributed by atoms with E-state index >= 15 is 0 Å². The molecule has 18 nitrogen and oxygen atoms in total. The van der Waals surface area contributed by atoms with E-state index in [2.05, 4.69) is 21.3 Å². The molecule has 5 amide bonds. The van der Waals surface area contributed by atoms with Crippen molar-refractivity contribution in [1.82, 2.24) is 16.0 Å². The molecule has 70 heavy (non-hydrogen) atoms. The number of alkyl carbamates (subject to hydrolysis) is 1. The van der Waals surface area contributed by atoms with Crippen LogP contribution in [0.15, 0.2) is 60.2 Å². The zero-order valence-corrected chi connectivity index (χ0v) is 42.2. The number of nitrogens with zero attached hydrogens (tertiary/aromatic N) is 1. The number of nitrogens with one attached hydrogen (secondary N) is 4. The van der Waals surface area contributed by atoms with E-state index in [4.69, 9.17) is 35.3 Å². The van der Waals surface area contributed by atoms with Gasteiger partial charge in [0.15, 0.2) is 5.72 Å². The number of aryl methyl sites for hydroxylation is 1. The zero-order chi connectivity index (χ0) is 51.5. The van der Waals surface area contributed by atoms with Gasteiger partial charge in [-0.05, 0) is 95.2 Å². The van der Waals surface area contributed by atoms with Crippen molar-refractivity contribution in [3.8, 4) is 5.75 Å². The first-order valence-corrected chi connectivity index (χ1v) is 24.0. The van der Waals surface area contributed by atoms with E-state index in [1.165, 1.54) is 39.9 Å². The van der Waals surface area contributed by atoms with Crippen molar-refractivity contribution >= 4 is 64.5 Å². The van der Waals surface area contributed by atoms with Crippen LogP contribution in [0.4, 0.5) is 16.2 Å². The minimum atomic E-state index is -1.83. The summed E-state index contributed by atoms with van der Waals surface area (Å²) in [4.78, 5) is 90.9. The van der Waals surface area contributed by atoms with Gasteiger partial charge < -0.3 is 54.4 Å². The van der Waals surface area contributed by atoms with Gasteiger partial charge in [-0.3, -0.25) is 29.3 Å². The van der Waals surface area contributed by atoms with E-state index < -0.39 is 89.4 Å². The molecule has 9 atom stereocenters. The Bertz CT molecular complexity index is 2320. The van der Waals surface area contributed by atoms with E-state index in [0.29, 0.717) is 42.8 Å². The number of benzene rings is 2. The predicted octanol–water partition coefficient (Wildman–Crippen LogP) is 5.79. The van der Waals surface area contributed by atoms with Crippen LogP contribution in [0.3, 0.4) is 0 Å². The lowest BCUT2D eigenvalue weighted by molar-refractivity contribution is -0.154. The van der Waals surface area contributed by atoms with Crippen LogP contribution >= 0.6 is 11.6 Å². The third-order valence-corrected chi connectivity index (χ3v) is 13.4. The summed E-state index contributed by atoms with van der Waals surface area (Å²) in [6, 6.07) is 8.98. The van der Waals surface area contributed by atoms with Crippen LogP contribution in [0, 0.1) is 5.92 Å². The van der Waals surface area contributed by atoms with Gasteiger partial charge in [0.1, 0.15) is 52.6 Å². The maximum absolute atomic E-state index is 14.2. The van der Waals surface area contributed by atoms with E-state index in [1.54, 1.807) is 44.3 Å². The number of carbonyl (C=O) groups excluding carboxylic acids is 7. The Kier molecular flexibility index (Phi) is 19.2. The highest BCUT2D eigenvalue weighted by Gasteiger charge is 2.64. The van der Waals surface area contributed by atoms with Gasteiger partial charge in [-0.2, -0.15) is 0 Å². The number of esters is 1. The van der Waals surface area contributed by atoms with E-state index in [0.717, 1.165) is 23.1 Å². The highest BCUT2D eigenvalue weighted by Crippen LogP contribution is 2.49. The van der Waals surface area contributed by atoms with Gasteiger partial charge in [-0.1, -0.05) is 60.9 Å². The highest BCUT2D eigenvalue weighted by molar-refractivity contribution is 6.35. The SMILES string of the molecule is COc1cc2cc(c1Cl)N(C)C(=O)C[C@H](OC(=O)CCCCCc1ccc(NC(=O)C(C)NC(=O)C(CCC(C)=O)NC(C)=O)cc1)[C@]1(C)O[C@H]1[C@H](C)[C@@H]1C[C@@](O)(NC(=O)O1)[C@H](OC)/C=C/C=C(\C)C2. The maximum atomic E-state index is 14.2. The summed E-state index contributed by atoms with van der Waals surface area (Å²) in [6.45, 7) is 9.68. The standard InChI is InChI=1S/C51H68ClN5O13/c1-29-14-13-16-41(67-9)51(65)28-40(68-49(64)56-51)31(3)46-50(6,70-46)42(27-43(60)57(7)38-25-35(24-29)26-39(66-8)45(38)52)69-44(61)17-12-10-11-15-34-19-21-36(22-20-34)55-47(62)32(4)53-48(63)37(54-33(5)59)23-18-30(2)58/h13-14,16,19-22,25-26,31-32,37,40-42,46,65H,10-12,15,17-18,23-24,27-28H2,1-9H3,(H,53,63)(H,54,59)(H,55,62)(H,56,64)/b16-13+,29-14+/t31-,32?,37?,40+,41-,42+,46+,50+,51+/m1/s1. The summed E-state index contributed by atoms with van der Waals surface area (Å²) in [7, 11) is 4.52. The number of halogens is 1. The van der Waals surface area contributed by atoms with Crippen LogP contribution in [-0.2, 0) is 60.6 Å². The highest BCUT2D eigenvalue weighted by atomic mass is 35.5. The lowest BCUT2D eigenvalue weighted by Crippen LogP contribution is -2.63. The molecule has 0 radical (unpaired) electrons. The van der Waals surface area contributed by atoms with Gasteiger partial charge in [0.25, 0.3) is 0 Å². The summed E-state index contributed by atoms with van der Waals surface area (Å²) in [5.41, 5.74) is 0.658. The number of unbranched alkanes of at least 4 members (excludes halogenated alkanes) is 2. The molecule has 2 aromatic carbocycles. The quantitative estimate of drug-likeness (QED) is 0.0718. The molecule has 3 aliphatic heterocycles. The summed E-state index contributed by atoms with van der Waals surface area (Å²) in [5, 5.41) is 22.5. The lowest BCUT2D eigenvalue weighted by Gasteiger charge is -2.42. The molecule has 3 heterocycles. The number of anilines is 2. The Morgan fingerprint density at radius 1 is 1.01 bits per heavy atom. The largest absolute Gasteiger partial charge is 0.495 e. The molecule has 4 bridgehead atoms. The Morgan fingerprint density at radius 3 is 2.39 bits per heavy atom. The van der Waals surface area contributed by atoms with Gasteiger partial charge in [0, 0.05) is 51.9 Å². The zero-order valence-electron chi connectivity index (χ0n) is 41.5.